The van der Waals surface area contributed by atoms with Crippen LogP contribution in [0.5, 0.6) is 0 Å². The van der Waals surface area contributed by atoms with Crippen LogP contribution in [-0.4, -0.2) is 31.3 Å². The van der Waals surface area contributed by atoms with Gasteiger partial charge in [0.25, 0.3) is 5.91 Å². The lowest BCUT2D eigenvalue weighted by Gasteiger charge is -2.55. The van der Waals surface area contributed by atoms with Crippen molar-refractivity contribution in [3.63, 3.8) is 0 Å². The summed E-state index contributed by atoms with van der Waals surface area (Å²) in [4.78, 5) is 30.0. The fourth-order valence-corrected chi connectivity index (χ4v) is 8.76. The molecular weight excluding hydrogens is 568 g/mol. The quantitative estimate of drug-likeness (QED) is 0.305. The van der Waals surface area contributed by atoms with Gasteiger partial charge in [-0.05, 0) is 98.6 Å². The average molecular weight is 600 g/mol. The molecule has 0 spiro atoms. The molecular formula is C28H31BrN4O4S. The van der Waals surface area contributed by atoms with E-state index in [1.54, 1.807) is 18.3 Å². The van der Waals surface area contributed by atoms with Crippen LogP contribution in [0.2, 0.25) is 0 Å². The molecule has 38 heavy (non-hydrogen) atoms. The largest absolute Gasteiger partial charge is 0.361 e. The number of para-hydroxylation sites is 1. The maximum atomic E-state index is 13.4. The van der Waals surface area contributed by atoms with E-state index in [2.05, 4.69) is 36.5 Å². The molecule has 4 saturated carbocycles. The van der Waals surface area contributed by atoms with Gasteiger partial charge in [-0.2, -0.15) is 4.72 Å². The van der Waals surface area contributed by atoms with Gasteiger partial charge < -0.3 is 4.98 Å². The second kappa shape index (κ2) is 9.81. The highest BCUT2D eigenvalue weighted by atomic mass is 79.9. The topological polar surface area (TPSA) is 120 Å². The van der Waals surface area contributed by atoms with Gasteiger partial charge >= 0.3 is 0 Å². The number of fused-ring (bicyclic) bond motifs is 1. The van der Waals surface area contributed by atoms with Gasteiger partial charge in [-0.1, -0.05) is 34.1 Å². The summed E-state index contributed by atoms with van der Waals surface area (Å²) in [6, 6.07) is 12.7. The Labute approximate surface area is 230 Å². The molecule has 4 fully saturated rings. The summed E-state index contributed by atoms with van der Waals surface area (Å²) in [7, 11) is -4.01. The summed E-state index contributed by atoms with van der Waals surface area (Å²) in [6.45, 7) is 0. The Bertz CT molecular complexity index is 1450. The van der Waals surface area contributed by atoms with Crippen molar-refractivity contribution < 1.29 is 18.0 Å². The van der Waals surface area contributed by atoms with Crippen molar-refractivity contribution in [3.8, 4) is 0 Å². The molecule has 1 atom stereocenters. The Morgan fingerprint density at radius 3 is 2.24 bits per heavy atom. The fraction of sp³-hybridized carbons (Fsp3) is 0.429. The first-order chi connectivity index (χ1) is 18.2. The van der Waals surface area contributed by atoms with Gasteiger partial charge in [0.2, 0.25) is 15.9 Å². The third-order valence-corrected chi connectivity index (χ3v) is 10.7. The summed E-state index contributed by atoms with van der Waals surface area (Å²) in [6.07, 6.45) is 8.14. The van der Waals surface area contributed by atoms with Gasteiger partial charge in [0.15, 0.2) is 0 Å². The number of aromatic nitrogens is 1. The maximum Gasteiger partial charge on any atom is 0.256 e. The predicted octanol–water partition coefficient (Wildman–Crippen LogP) is 4.18. The summed E-state index contributed by atoms with van der Waals surface area (Å²) >= 11 is 3.32. The SMILES string of the molecule is O=C(NNC(=O)C12CC3CC(CC(C3)C1)C2)[C@H](Cc1c[nH]c2ccccc12)NS(=O)(=O)c1ccc(Br)cc1. The Kier molecular flexibility index (Phi) is 6.60. The van der Waals surface area contributed by atoms with Gasteiger partial charge in [-0.3, -0.25) is 20.4 Å². The predicted molar refractivity (Wildman–Crippen MR) is 147 cm³/mol. The lowest BCUT2D eigenvalue weighted by atomic mass is 9.49. The molecule has 4 aliphatic carbocycles. The summed E-state index contributed by atoms with van der Waals surface area (Å²) in [5.41, 5.74) is 6.52. The Balaban J connectivity index is 1.21. The van der Waals surface area contributed by atoms with Gasteiger partial charge in [0, 0.05) is 21.6 Å². The Hall–Kier alpha value is -2.69. The number of aromatic amines is 1. The van der Waals surface area contributed by atoms with Crippen molar-refractivity contribution >= 4 is 48.7 Å². The standard InChI is InChI=1S/C28H31BrN4O4S/c29-21-5-7-22(8-6-21)38(36,37)33-25(12-20-16-30-24-4-2-1-3-23(20)24)26(34)31-32-27(35)28-13-17-9-18(14-28)11-19(10-17)15-28/h1-8,16-19,25,30,33H,9-15H2,(H,31,34)(H,32,35)/t17?,18?,19?,25-,28?/m0/s1. The van der Waals surface area contributed by atoms with Crippen LogP contribution in [-0.2, 0) is 26.0 Å². The van der Waals surface area contributed by atoms with Crippen LogP contribution >= 0.6 is 15.9 Å². The zero-order valence-electron chi connectivity index (χ0n) is 20.9. The number of benzene rings is 2. The van der Waals surface area contributed by atoms with Crippen LogP contribution in [0.4, 0.5) is 0 Å². The lowest BCUT2D eigenvalue weighted by molar-refractivity contribution is -0.149. The van der Waals surface area contributed by atoms with E-state index in [0.29, 0.717) is 17.8 Å². The molecule has 7 rings (SSSR count). The van der Waals surface area contributed by atoms with E-state index in [1.165, 1.54) is 31.4 Å². The molecule has 0 saturated heterocycles. The van der Waals surface area contributed by atoms with Crippen molar-refractivity contribution in [2.45, 2.75) is 55.9 Å². The average Bonchev–Trinajstić information content (AvgIpc) is 3.29. The van der Waals surface area contributed by atoms with Crippen LogP contribution < -0.4 is 15.6 Å². The zero-order valence-corrected chi connectivity index (χ0v) is 23.3. The smallest absolute Gasteiger partial charge is 0.256 e. The third kappa shape index (κ3) is 4.89. The molecule has 0 unspecified atom stereocenters. The van der Waals surface area contributed by atoms with Crippen molar-refractivity contribution in [2.75, 3.05) is 0 Å². The minimum Gasteiger partial charge on any atom is -0.361 e. The number of hydrazine groups is 1. The van der Waals surface area contributed by atoms with E-state index in [0.717, 1.165) is 40.2 Å². The van der Waals surface area contributed by atoms with Crippen LogP contribution in [0.25, 0.3) is 10.9 Å². The van der Waals surface area contributed by atoms with Crippen molar-refractivity contribution in [1.29, 1.82) is 0 Å². The number of carbonyl (C=O) groups excluding carboxylic acids is 2. The molecule has 0 radical (unpaired) electrons. The maximum absolute atomic E-state index is 13.4. The molecule has 4 N–H and O–H groups in total. The van der Waals surface area contributed by atoms with Crippen LogP contribution in [0.15, 0.2) is 64.1 Å². The normalized spacial score (nSPS) is 26.8. The van der Waals surface area contributed by atoms with E-state index in [-0.39, 0.29) is 17.2 Å². The molecule has 1 aromatic heterocycles. The molecule has 10 heteroatoms. The van der Waals surface area contributed by atoms with Crippen LogP contribution in [0.3, 0.4) is 0 Å². The molecule has 0 aliphatic heterocycles. The number of hydrogen-bond donors (Lipinski definition) is 4. The van der Waals surface area contributed by atoms with E-state index in [1.807, 2.05) is 24.3 Å². The fourth-order valence-electron chi connectivity index (χ4n) is 7.30. The number of nitrogens with one attached hydrogen (secondary N) is 4. The second-order valence-corrected chi connectivity index (χ2v) is 14.0. The number of sulfonamides is 1. The van der Waals surface area contributed by atoms with Crippen molar-refractivity contribution in [2.24, 2.45) is 23.2 Å². The molecule has 2 aromatic carbocycles. The van der Waals surface area contributed by atoms with Crippen LogP contribution in [0.1, 0.15) is 44.1 Å². The second-order valence-electron chi connectivity index (χ2n) is 11.3. The highest BCUT2D eigenvalue weighted by molar-refractivity contribution is 9.10. The Morgan fingerprint density at radius 2 is 1.58 bits per heavy atom. The van der Waals surface area contributed by atoms with Crippen molar-refractivity contribution in [1.82, 2.24) is 20.6 Å². The highest BCUT2D eigenvalue weighted by Gasteiger charge is 2.54. The first-order valence-corrected chi connectivity index (χ1v) is 15.4. The van der Waals surface area contributed by atoms with E-state index < -0.39 is 27.4 Å². The van der Waals surface area contributed by atoms with Crippen LogP contribution in [0, 0.1) is 23.2 Å². The lowest BCUT2D eigenvalue weighted by Crippen LogP contribution is -2.59. The van der Waals surface area contributed by atoms with Crippen molar-refractivity contribution in [3.05, 3.63) is 64.8 Å². The number of carbonyl (C=O) groups is 2. The van der Waals surface area contributed by atoms with Gasteiger partial charge in [0.05, 0.1) is 10.3 Å². The van der Waals surface area contributed by atoms with Gasteiger partial charge in [-0.25, -0.2) is 8.42 Å². The van der Waals surface area contributed by atoms with Gasteiger partial charge in [0.1, 0.15) is 6.04 Å². The molecule has 2 amide bonds. The third-order valence-electron chi connectivity index (χ3n) is 8.66. The van der Waals surface area contributed by atoms with Gasteiger partial charge in [-0.15, -0.1) is 0 Å². The number of rotatable bonds is 7. The number of H-pyrrole nitrogens is 1. The number of halogens is 1. The monoisotopic (exact) mass is 598 g/mol. The zero-order chi connectivity index (χ0) is 26.5. The first-order valence-electron chi connectivity index (χ1n) is 13.1. The minimum absolute atomic E-state index is 0.0510. The van der Waals surface area contributed by atoms with E-state index in [4.69, 9.17) is 0 Å². The number of hydrogen-bond acceptors (Lipinski definition) is 4. The highest BCUT2D eigenvalue weighted by Crippen LogP contribution is 2.60. The molecule has 8 nitrogen and oxygen atoms in total. The molecule has 4 bridgehead atoms. The number of amides is 2. The molecule has 200 valence electrons. The molecule has 1 heterocycles. The Morgan fingerprint density at radius 1 is 0.947 bits per heavy atom. The van der Waals surface area contributed by atoms with E-state index in [9.17, 15) is 18.0 Å². The summed E-state index contributed by atoms with van der Waals surface area (Å²) in [5, 5.41) is 0.908. The summed E-state index contributed by atoms with van der Waals surface area (Å²) in [5.74, 6) is 1.03. The van der Waals surface area contributed by atoms with E-state index >= 15 is 0 Å². The summed E-state index contributed by atoms with van der Waals surface area (Å²) < 4.78 is 29.8. The molecule has 4 aliphatic rings. The first kappa shape index (κ1) is 25.6. The minimum atomic E-state index is -4.01. The molecule has 3 aromatic rings.